The SMILES string of the molecule is Cc1nnc(-c2nc(N)c(O)nc2-c2cc(Cl)c3ncsc3c2)s1. The number of halogens is 1. The fourth-order valence-corrected chi connectivity index (χ4v) is 3.99. The minimum absolute atomic E-state index is 0.0634. The van der Waals surface area contributed by atoms with Crippen molar-refractivity contribution in [2.24, 2.45) is 0 Å². The first-order valence-corrected chi connectivity index (χ1v) is 8.80. The number of anilines is 1. The number of aromatic hydroxyl groups is 1. The molecule has 0 unspecified atom stereocenters. The number of nitrogens with two attached hydrogens (primary N) is 1. The van der Waals surface area contributed by atoms with E-state index in [2.05, 4.69) is 25.1 Å². The average Bonchev–Trinajstić information content (AvgIpc) is 3.18. The van der Waals surface area contributed by atoms with Crippen molar-refractivity contribution in [1.82, 2.24) is 25.1 Å². The largest absolute Gasteiger partial charge is 0.491 e. The molecule has 120 valence electrons. The molecule has 24 heavy (non-hydrogen) atoms. The number of nitrogens with zero attached hydrogens (tertiary/aromatic N) is 5. The molecule has 0 aliphatic rings. The lowest BCUT2D eigenvalue weighted by Gasteiger charge is -2.08. The van der Waals surface area contributed by atoms with E-state index in [4.69, 9.17) is 17.3 Å². The van der Waals surface area contributed by atoms with Crippen molar-refractivity contribution in [2.45, 2.75) is 6.92 Å². The van der Waals surface area contributed by atoms with Gasteiger partial charge in [-0.3, -0.25) is 0 Å². The Morgan fingerprint density at radius 2 is 2.00 bits per heavy atom. The van der Waals surface area contributed by atoms with Crippen LogP contribution < -0.4 is 5.73 Å². The summed E-state index contributed by atoms with van der Waals surface area (Å²) >= 11 is 9.15. The van der Waals surface area contributed by atoms with E-state index >= 15 is 0 Å². The van der Waals surface area contributed by atoms with Crippen LogP contribution in [0.15, 0.2) is 17.6 Å². The van der Waals surface area contributed by atoms with Gasteiger partial charge in [0.15, 0.2) is 10.8 Å². The van der Waals surface area contributed by atoms with E-state index in [0.29, 0.717) is 27.0 Å². The maximum Gasteiger partial charge on any atom is 0.255 e. The van der Waals surface area contributed by atoms with Crippen LogP contribution in [0.4, 0.5) is 5.82 Å². The fraction of sp³-hybridized carbons (Fsp3) is 0.0714. The Morgan fingerprint density at radius 1 is 1.17 bits per heavy atom. The van der Waals surface area contributed by atoms with Crippen molar-refractivity contribution in [3.63, 3.8) is 0 Å². The highest BCUT2D eigenvalue weighted by molar-refractivity contribution is 7.16. The standard InChI is InChI=1S/C14H9ClN6OS2/c1-5-20-21-14(24-5)11-9(19-13(22)12(16)18-11)6-2-7(15)10-8(3-6)23-4-17-10/h2-4H,1H3,(H2,16,18)(H,19,22). The van der Waals surface area contributed by atoms with Gasteiger partial charge in [0.05, 0.1) is 20.7 Å². The van der Waals surface area contributed by atoms with Gasteiger partial charge in [0, 0.05) is 5.56 Å². The Bertz CT molecular complexity index is 1080. The van der Waals surface area contributed by atoms with Crippen LogP contribution >= 0.6 is 34.3 Å². The number of hydrogen-bond acceptors (Lipinski definition) is 9. The highest BCUT2D eigenvalue weighted by Gasteiger charge is 2.19. The molecule has 0 saturated heterocycles. The summed E-state index contributed by atoms with van der Waals surface area (Å²) in [6, 6.07) is 3.64. The Balaban J connectivity index is 2.00. The van der Waals surface area contributed by atoms with Gasteiger partial charge in [-0.25, -0.2) is 15.0 Å². The normalized spacial score (nSPS) is 11.2. The molecule has 0 amide bonds. The second-order valence-electron chi connectivity index (χ2n) is 4.91. The number of thiazole rings is 1. The van der Waals surface area contributed by atoms with E-state index in [9.17, 15) is 5.11 Å². The first-order valence-electron chi connectivity index (χ1n) is 6.73. The minimum Gasteiger partial charge on any atom is -0.491 e. The van der Waals surface area contributed by atoms with Crippen LogP contribution in [0.3, 0.4) is 0 Å². The van der Waals surface area contributed by atoms with Crippen molar-refractivity contribution in [2.75, 3.05) is 5.73 Å². The van der Waals surface area contributed by atoms with E-state index in [0.717, 1.165) is 15.2 Å². The second-order valence-corrected chi connectivity index (χ2v) is 7.39. The third-order valence-corrected chi connectivity index (χ3v) is 5.20. The van der Waals surface area contributed by atoms with Gasteiger partial charge in [-0.2, -0.15) is 0 Å². The van der Waals surface area contributed by atoms with Crippen LogP contribution in [0.2, 0.25) is 5.02 Å². The number of benzene rings is 1. The van der Waals surface area contributed by atoms with Gasteiger partial charge in [-0.15, -0.1) is 21.5 Å². The Morgan fingerprint density at radius 3 is 2.75 bits per heavy atom. The molecular formula is C14H9ClN6OS2. The van der Waals surface area contributed by atoms with Crippen LogP contribution in [0.1, 0.15) is 5.01 Å². The van der Waals surface area contributed by atoms with Crippen LogP contribution in [-0.4, -0.2) is 30.3 Å². The topological polar surface area (TPSA) is 111 Å². The van der Waals surface area contributed by atoms with E-state index in [1.807, 2.05) is 13.0 Å². The summed E-state index contributed by atoms with van der Waals surface area (Å²) in [7, 11) is 0. The quantitative estimate of drug-likeness (QED) is 0.550. The van der Waals surface area contributed by atoms with Gasteiger partial charge in [-0.1, -0.05) is 22.9 Å². The zero-order valence-corrected chi connectivity index (χ0v) is 14.6. The lowest BCUT2D eigenvalue weighted by molar-refractivity contribution is 0.455. The van der Waals surface area contributed by atoms with E-state index in [1.54, 1.807) is 11.6 Å². The minimum atomic E-state index is -0.337. The van der Waals surface area contributed by atoms with Gasteiger partial charge in [0.1, 0.15) is 16.4 Å². The van der Waals surface area contributed by atoms with Gasteiger partial charge < -0.3 is 10.8 Å². The molecule has 0 fully saturated rings. The van der Waals surface area contributed by atoms with Gasteiger partial charge in [0.25, 0.3) is 5.88 Å². The van der Waals surface area contributed by atoms with Crippen LogP contribution in [0.25, 0.3) is 32.2 Å². The molecule has 10 heteroatoms. The van der Waals surface area contributed by atoms with E-state index < -0.39 is 0 Å². The number of aryl methyl sites for hydroxylation is 1. The number of hydrogen-bond donors (Lipinski definition) is 2. The zero-order chi connectivity index (χ0) is 16.8. The molecule has 3 N–H and O–H groups in total. The van der Waals surface area contributed by atoms with Crippen LogP contribution in [0.5, 0.6) is 5.88 Å². The summed E-state index contributed by atoms with van der Waals surface area (Å²) in [4.78, 5) is 12.7. The second kappa shape index (κ2) is 5.62. The highest BCUT2D eigenvalue weighted by atomic mass is 35.5. The molecule has 4 rings (SSSR count). The van der Waals surface area contributed by atoms with Crippen LogP contribution in [-0.2, 0) is 0 Å². The Labute approximate surface area is 148 Å². The molecule has 0 aliphatic heterocycles. The monoisotopic (exact) mass is 376 g/mol. The summed E-state index contributed by atoms with van der Waals surface area (Å²) in [6.07, 6.45) is 0. The Hall–Kier alpha value is -2.36. The van der Waals surface area contributed by atoms with Crippen molar-refractivity contribution >= 4 is 50.3 Å². The summed E-state index contributed by atoms with van der Waals surface area (Å²) in [6.45, 7) is 1.85. The van der Waals surface area contributed by atoms with Gasteiger partial charge in [-0.05, 0) is 19.1 Å². The molecule has 3 heterocycles. The molecule has 0 atom stereocenters. The first-order chi connectivity index (χ1) is 11.5. The molecule has 3 aromatic heterocycles. The lowest BCUT2D eigenvalue weighted by Crippen LogP contribution is -1.99. The lowest BCUT2D eigenvalue weighted by atomic mass is 10.1. The third-order valence-electron chi connectivity index (χ3n) is 3.30. The van der Waals surface area contributed by atoms with E-state index in [1.165, 1.54) is 22.7 Å². The molecule has 0 aliphatic carbocycles. The van der Waals surface area contributed by atoms with Crippen molar-refractivity contribution < 1.29 is 5.11 Å². The molecule has 0 saturated carbocycles. The number of aromatic nitrogens is 5. The first kappa shape index (κ1) is 15.2. The number of fused-ring (bicyclic) bond motifs is 1. The predicted octanol–water partition coefficient (Wildman–Crippen LogP) is 3.52. The molecule has 0 spiro atoms. The van der Waals surface area contributed by atoms with Crippen molar-refractivity contribution in [3.05, 3.63) is 27.7 Å². The highest BCUT2D eigenvalue weighted by Crippen LogP contribution is 2.37. The molecule has 4 aromatic rings. The summed E-state index contributed by atoms with van der Waals surface area (Å²) in [5.41, 5.74) is 9.76. The molecule has 0 radical (unpaired) electrons. The average molecular weight is 377 g/mol. The van der Waals surface area contributed by atoms with Crippen molar-refractivity contribution in [1.29, 1.82) is 0 Å². The smallest absolute Gasteiger partial charge is 0.255 e. The fourth-order valence-electron chi connectivity index (χ4n) is 2.24. The predicted molar refractivity (Wildman–Crippen MR) is 95.4 cm³/mol. The molecule has 1 aromatic carbocycles. The maximum atomic E-state index is 9.91. The van der Waals surface area contributed by atoms with E-state index in [-0.39, 0.29) is 11.7 Å². The molecule has 0 bridgehead atoms. The number of nitrogen functional groups attached to an aromatic ring is 1. The zero-order valence-electron chi connectivity index (χ0n) is 12.2. The Kier molecular flexibility index (Phi) is 3.56. The van der Waals surface area contributed by atoms with Crippen LogP contribution in [0, 0.1) is 6.92 Å². The third kappa shape index (κ3) is 2.46. The summed E-state index contributed by atoms with van der Waals surface area (Å²) in [5.74, 6) is -0.401. The molecular weight excluding hydrogens is 368 g/mol. The van der Waals surface area contributed by atoms with Crippen molar-refractivity contribution in [3.8, 4) is 27.8 Å². The van der Waals surface area contributed by atoms with Gasteiger partial charge in [0.2, 0.25) is 0 Å². The molecule has 7 nitrogen and oxygen atoms in total. The summed E-state index contributed by atoms with van der Waals surface area (Å²) in [5, 5.41) is 19.9. The van der Waals surface area contributed by atoms with Gasteiger partial charge >= 0.3 is 0 Å². The maximum absolute atomic E-state index is 9.91. The number of rotatable bonds is 2. The summed E-state index contributed by atoms with van der Waals surface area (Å²) < 4.78 is 0.912.